The van der Waals surface area contributed by atoms with Gasteiger partial charge in [-0.05, 0) is 12.8 Å². The number of carboxylic acids is 1. The van der Waals surface area contributed by atoms with Gasteiger partial charge in [0.1, 0.15) is 0 Å². The molecule has 0 bridgehead atoms. The molecule has 1 unspecified atom stereocenters. The Morgan fingerprint density at radius 1 is 1.59 bits per heavy atom. The fraction of sp³-hybridized carbons (Fsp3) is 0.545. The van der Waals surface area contributed by atoms with E-state index in [4.69, 9.17) is 9.84 Å². The third-order valence-electron chi connectivity index (χ3n) is 2.34. The Morgan fingerprint density at radius 2 is 2.24 bits per heavy atom. The summed E-state index contributed by atoms with van der Waals surface area (Å²) in [6.07, 6.45) is 1.61. The average molecular weight is 240 g/mol. The van der Waals surface area contributed by atoms with Crippen molar-refractivity contribution in [1.29, 1.82) is 0 Å². The van der Waals surface area contributed by atoms with Crippen LogP contribution in [-0.4, -0.2) is 33.4 Å². The number of carboxylic acid groups (broad SMARTS) is 1. The summed E-state index contributed by atoms with van der Waals surface area (Å²) in [7, 11) is 1.68. The normalized spacial score (nSPS) is 12.2. The molecule has 1 aromatic rings. The van der Waals surface area contributed by atoms with Gasteiger partial charge < -0.3 is 9.84 Å². The van der Waals surface area contributed by atoms with Gasteiger partial charge in [-0.2, -0.15) is 5.10 Å². The van der Waals surface area contributed by atoms with Gasteiger partial charge in [0.25, 0.3) is 0 Å². The van der Waals surface area contributed by atoms with Gasteiger partial charge in [-0.1, -0.05) is 6.92 Å². The lowest BCUT2D eigenvalue weighted by Gasteiger charge is -2.07. The van der Waals surface area contributed by atoms with Crippen molar-refractivity contribution in [3.8, 4) is 0 Å². The minimum absolute atomic E-state index is 0.0436. The lowest BCUT2D eigenvalue weighted by molar-refractivity contribution is -0.137. The van der Waals surface area contributed by atoms with Crippen LogP contribution in [0.25, 0.3) is 0 Å². The van der Waals surface area contributed by atoms with E-state index in [9.17, 15) is 9.59 Å². The van der Waals surface area contributed by atoms with Gasteiger partial charge >= 0.3 is 11.9 Å². The molecule has 0 spiro atoms. The molecular formula is C11H16N2O4. The summed E-state index contributed by atoms with van der Waals surface area (Å²) in [6, 6.07) is 0. The zero-order valence-corrected chi connectivity index (χ0v) is 10.1. The molecule has 0 saturated carbocycles. The first-order chi connectivity index (χ1) is 7.95. The molecule has 0 saturated heterocycles. The minimum atomic E-state index is -0.906. The smallest absolute Gasteiger partial charge is 0.359 e. The zero-order valence-electron chi connectivity index (χ0n) is 10.1. The van der Waals surface area contributed by atoms with Crippen molar-refractivity contribution in [2.45, 2.75) is 26.2 Å². The highest BCUT2D eigenvalue weighted by atomic mass is 16.5. The Kier molecular flexibility index (Phi) is 4.25. The summed E-state index contributed by atoms with van der Waals surface area (Å²) in [4.78, 5) is 22.3. The standard InChI is InChI=1S/C11H16N2O4/c1-4-17-11(16)10-8(6-13(3)12-10)7(2)5-9(14)15/h6-7H,4-5H2,1-3H3,(H,14,15). The molecular weight excluding hydrogens is 224 g/mol. The molecule has 0 amide bonds. The van der Waals surface area contributed by atoms with Gasteiger partial charge in [0.15, 0.2) is 5.69 Å². The first-order valence-corrected chi connectivity index (χ1v) is 5.38. The van der Waals surface area contributed by atoms with Crippen molar-refractivity contribution in [3.63, 3.8) is 0 Å². The number of hydrogen-bond donors (Lipinski definition) is 1. The van der Waals surface area contributed by atoms with Crippen LogP contribution < -0.4 is 0 Å². The van der Waals surface area contributed by atoms with Gasteiger partial charge in [-0.15, -0.1) is 0 Å². The summed E-state index contributed by atoms with van der Waals surface area (Å²) in [5, 5.41) is 12.7. The molecule has 0 aromatic carbocycles. The highest BCUT2D eigenvalue weighted by molar-refractivity contribution is 5.89. The topological polar surface area (TPSA) is 81.4 Å². The molecule has 0 aliphatic rings. The summed E-state index contributed by atoms with van der Waals surface area (Å²) in [6.45, 7) is 3.72. The van der Waals surface area contributed by atoms with Crippen LogP contribution >= 0.6 is 0 Å². The van der Waals surface area contributed by atoms with E-state index < -0.39 is 11.9 Å². The molecule has 6 nitrogen and oxygen atoms in total. The second-order valence-corrected chi connectivity index (χ2v) is 3.83. The fourth-order valence-corrected chi connectivity index (χ4v) is 1.60. The van der Waals surface area contributed by atoms with Crippen LogP contribution in [0.3, 0.4) is 0 Å². The van der Waals surface area contributed by atoms with Crippen molar-refractivity contribution in [2.24, 2.45) is 7.05 Å². The van der Waals surface area contributed by atoms with Gasteiger partial charge in [0, 0.05) is 18.8 Å². The van der Waals surface area contributed by atoms with Crippen molar-refractivity contribution in [3.05, 3.63) is 17.5 Å². The molecule has 1 atom stereocenters. The number of hydrogen-bond acceptors (Lipinski definition) is 4. The predicted octanol–water partition coefficient (Wildman–Crippen LogP) is 1.18. The largest absolute Gasteiger partial charge is 0.481 e. The molecule has 1 N–H and O–H groups in total. The third kappa shape index (κ3) is 3.30. The van der Waals surface area contributed by atoms with Crippen LogP contribution in [0, 0.1) is 0 Å². The number of carbonyl (C=O) groups is 2. The van der Waals surface area contributed by atoms with Gasteiger partial charge in [-0.3, -0.25) is 9.48 Å². The number of carbonyl (C=O) groups excluding carboxylic acids is 1. The van der Waals surface area contributed by atoms with Crippen LogP contribution in [0.2, 0.25) is 0 Å². The summed E-state index contributed by atoms with van der Waals surface area (Å²) in [5.74, 6) is -1.70. The van der Waals surface area contributed by atoms with Crippen molar-refractivity contribution in [2.75, 3.05) is 6.61 Å². The van der Waals surface area contributed by atoms with Crippen molar-refractivity contribution >= 4 is 11.9 Å². The van der Waals surface area contributed by atoms with E-state index in [1.165, 1.54) is 4.68 Å². The Hall–Kier alpha value is -1.85. The van der Waals surface area contributed by atoms with Crippen LogP contribution in [0.5, 0.6) is 0 Å². The van der Waals surface area contributed by atoms with Gasteiger partial charge in [0.2, 0.25) is 0 Å². The molecule has 1 aromatic heterocycles. The van der Waals surface area contributed by atoms with Crippen LogP contribution in [0.4, 0.5) is 0 Å². The van der Waals surface area contributed by atoms with E-state index in [0.29, 0.717) is 5.56 Å². The van der Waals surface area contributed by atoms with E-state index in [1.807, 2.05) is 0 Å². The highest BCUT2D eigenvalue weighted by Crippen LogP contribution is 2.22. The van der Waals surface area contributed by atoms with E-state index >= 15 is 0 Å². The Morgan fingerprint density at radius 3 is 2.76 bits per heavy atom. The number of ether oxygens (including phenoxy) is 1. The first-order valence-electron chi connectivity index (χ1n) is 5.38. The van der Waals surface area contributed by atoms with Crippen LogP contribution in [-0.2, 0) is 16.6 Å². The quantitative estimate of drug-likeness (QED) is 0.781. The van der Waals surface area contributed by atoms with Gasteiger partial charge in [0.05, 0.1) is 13.0 Å². The summed E-state index contributed by atoms with van der Waals surface area (Å²) >= 11 is 0. The number of esters is 1. The maximum Gasteiger partial charge on any atom is 0.359 e. The number of aliphatic carboxylic acids is 1. The van der Waals surface area contributed by atoms with E-state index in [-0.39, 0.29) is 24.6 Å². The maximum absolute atomic E-state index is 11.6. The Bertz CT molecular complexity index is 425. The number of nitrogens with zero attached hydrogens (tertiary/aromatic N) is 2. The Balaban J connectivity index is 2.98. The van der Waals surface area contributed by atoms with E-state index in [1.54, 1.807) is 27.1 Å². The molecule has 6 heteroatoms. The lowest BCUT2D eigenvalue weighted by Crippen LogP contribution is -2.11. The molecule has 1 rings (SSSR count). The third-order valence-corrected chi connectivity index (χ3v) is 2.34. The van der Waals surface area contributed by atoms with E-state index in [2.05, 4.69) is 5.10 Å². The molecule has 0 radical (unpaired) electrons. The molecule has 0 aliphatic heterocycles. The monoisotopic (exact) mass is 240 g/mol. The molecule has 17 heavy (non-hydrogen) atoms. The van der Waals surface area contributed by atoms with Crippen molar-refractivity contribution in [1.82, 2.24) is 9.78 Å². The number of rotatable bonds is 5. The van der Waals surface area contributed by atoms with Gasteiger partial charge in [-0.25, -0.2) is 4.79 Å². The molecule has 94 valence electrons. The predicted molar refractivity (Wildman–Crippen MR) is 59.8 cm³/mol. The Labute approximate surface area is 99.2 Å². The second-order valence-electron chi connectivity index (χ2n) is 3.83. The second kappa shape index (κ2) is 5.47. The average Bonchev–Trinajstić information content (AvgIpc) is 2.60. The van der Waals surface area contributed by atoms with Crippen molar-refractivity contribution < 1.29 is 19.4 Å². The van der Waals surface area contributed by atoms with E-state index in [0.717, 1.165) is 0 Å². The molecule has 0 fully saturated rings. The fourth-order valence-electron chi connectivity index (χ4n) is 1.60. The summed E-state index contributed by atoms with van der Waals surface area (Å²) < 4.78 is 6.36. The number of aryl methyl sites for hydroxylation is 1. The number of aromatic nitrogens is 2. The SMILES string of the molecule is CCOC(=O)c1nn(C)cc1C(C)CC(=O)O. The van der Waals surface area contributed by atoms with Crippen LogP contribution in [0.1, 0.15) is 42.2 Å². The van der Waals surface area contributed by atoms with Crippen LogP contribution in [0.15, 0.2) is 6.20 Å². The molecule has 1 heterocycles. The maximum atomic E-state index is 11.6. The molecule has 0 aliphatic carbocycles. The minimum Gasteiger partial charge on any atom is -0.481 e. The zero-order chi connectivity index (χ0) is 13.0. The lowest BCUT2D eigenvalue weighted by atomic mass is 9.98. The summed E-state index contributed by atoms with van der Waals surface area (Å²) in [5.41, 5.74) is 0.802. The first kappa shape index (κ1) is 13.2. The highest BCUT2D eigenvalue weighted by Gasteiger charge is 2.22.